The van der Waals surface area contributed by atoms with Crippen LogP contribution in [0.3, 0.4) is 0 Å². The summed E-state index contributed by atoms with van der Waals surface area (Å²) in [6, 6.07) is 8.82. The van der Waals surface area contributed by atoms with E-state index in [2.05, 4.69) is 28.4 Å². The van der Waals surface area contributed by atoms with E-state index in [1.165, 1.54) is 12.7 Å². The Balaban J connectivity index is 1.79. The summed E-state index contributed by atoms with van der Waals surface area (Å²) >= 11 is 0. The van der Waals surface area contributed by atoms with Gasteiger partial charge in [-0.15, -0.1) is 0 Å². The Labute approximate surface area is 147 Å². The van der Waals surface area contributed by atoms with Crippen LogP contribution in [0.2, 0.25) is 0 Å². The van der Waals surface area contributed by atoms with Crippen LogP contribution in [0.15, 0.2) is 47.2 Å². The summed E-state index contributed by atoms with van der Waals surface area (Å²) in [6.07, 6.45) is 3.80. The van der Waals surface area contributed by atoms with Crippen LogP contribution < -0.4 is 5.32 Å². The number of nitrogens with zero attached hydrogens (tertiary/aromatic N) is 1. The predicted molar refractivity (Wildman–Crippen MR) is 94.0 cm³/mol. The van der Waals surface area contributed by atoms with Crippen molar-refractivity contribution in [2.45, 2.75) is 24.3 Å². The van der Waals surface area contributed by atoms with Crippen molar-refractivity contribution >= 4 is 11.7 Å². The zero-order valence-corrected chi connectivity index (χ0v) is 14.3. The molecule has 1 unspecified atom stereocenters. The maximum absolute atomic E-state index is 12.8. The van der Waals surface area contributed by atoms with E-state index < -0.39 is 0 Å². The number of ether oxygens (including phenoxy) is 1. The number of esters is 1. The third kappa shape index (κ3) is 1.77. The number of hydrogen-bond acceptors (Lipinski definition) is 5. The predicted octanol–water partition coefficient (Wildman–Crippen LogP) is 1.80. The van der Waals surface area contributed by atoms with Gasteiger partial charge in [0.05, 0.1) is 24.7 Å². The highest BCUT2D eigenvalue weighted by molar-refractivity contribution is 5.94. The second kappa shape index (κ2) is 5.19. The first-order valence-corrected chi connectivity index (χ1v) is 8.94. The van der Waals surface area contributed by atoms with Crippen LogP contribution in [-0.2, 0) is 14.9 Å². The van der Waals surface area contributed by atoms with Crippen molar-refractivity contribution in [3.05, 3.63) is 52.7 Å². The average molecular weight is 338 g/mol. The Hall–Kier alpha value is -2.11. The molecule has 2 bridgehead atoms. The van der Waals surface area contributed by atoms with E-state index in [1.807, 2.05) is 12.1 Å². The molecule has 3 aliphatic heterocycles. The summed E-state index contributed by atoms with van der Waals surface area (Å²) in [4.78, 5) is 15.3. The molecular weight excluding hydrogens is 316 g/mol. The molecule has 5 rings (SSSR count). The first-order valence-electron chi connectivity index (χ1n) is 8.94. The molecule has 1 aromatic carbocycles. The number of rotatable bonds is 2. The smallest absolute Gasteiger partial charge is 0.336 e. The Bertz CT molecular complexity index is 828. The standard InChI is InChI=1S/C20H22N2O3/c1-25-19(24)17-13-10-16-20(7-8-22(16)11-12(13)6-9-23)14-4-2-3-5-15(14)21-18(17)20/h2-6,13,16,21,23H,7-11H2,1H3/b12-6-/t13-,16-,20?/m0/s1. The number of carbonyl (C=O) groups excluding carboxylic acids is 1. The van der Waals surface area contributed by atoms with Crippen molar-refractivity contribution in [1.29, 1.82) is 0 Å². The second-order valence-corrected chi connectivity index (χ2v) is 7.41. The summed E-state index contributed by atoms with van der Waals surface area (Å²) < 4.78 is 5.18. The van der Waals surface area contributed by atoms with Crippen molar-refractivity contribution in [3.63, 3.8) is 0 Å². The first kappa shape index (κ1) is 15.2. The zero-order chi connectivity index (χ0) is 17.2. The maximum Gasteiger partial charge on any atom is 0.336 e. The fourth-order valence-electron chi connectivity index (χ4n) is 5.64. The fraction of sp³-hybridized carbons (Fsp3) is 0.450. The number of para-hydroxylation sites is 1. The summed E-state index contributed by atoms with van der Waals surface area (Å²) in [7, 11) is 1.45. The molecule has 4 aliphatic rings. The van der Waals surface area contributed by atoms with E-state index in [-0.39, 0.29) is 23.9 Å². The molecule has 2 saturated heterocycles. The van der Waals surface area contributed by atoms with Crippen LogP contribution in [0.4, 0.5) is 5.69 Å². The lowest BCUT2D eigenvalue weighted by atomic mass is 9.62. The maximum atomic E-state index is 12.8. The number of aliphatic hydroxyl groups is 1. The molecule has 5 heteroatoms. The summed E-state index contributed by atoms with van der Waals surface area (Å²) in [6.45, 7) is 1.84. The van der Waals surface area contributed by atoms with Gasteiger partial charge in [-0.1, -0.05) is 29.8 Å². The van der Waals surface area contributed by atoms with Crippen LogP contribution >= 0.6 is 0 Å². The molecule has 130 valence electrons. The number of benzene rings is 1. The number of carbonyl (C=O) groups is 1. The monoisotopic (exact) mass is 338 g/mol. The van der Waals surface area contributed by atoms with Gasteiger partial charge in [0, 0.05) is 36.4 Å². The molecule has 2 N–H and O–H groups in total. The zero-order valence-electron chi connectivity index (χ0n) is 14.3. The van der Waals surface area contributed by atoms with Gasteiger partial charge in [0.15, 0.2) is 0 Å². The lowest BCUT2D eigenvalue weighted by Crippen LogP contribution is -2.53. The van der Waals surface area contributed by atoms with Crippen LogP contribution in [0, 0.1) is 5.92 Å². The third-order valence-corrected chi connectivity index (χ3v) is 6.59. The minimum Gasteiger partial charge on any atom is -0.466 e. The number of fused-ring (bicyclic) bond motifs is 2. The molecule has 0 saturated carbocycles. The molecule has 0 aromatic heterocycles. The molecule has 1 aliphatic carbocycles. The molecule has 25 heavy (non-hydrogen) atoms. The van der Waals surface area contributed by atoms with Crippen LogP contribution in [0.25, 0.3) is 0 Å². The van der Waals surface area contributed by atoms with Gasteiger partial charge in [0.25, 0.3) is 0 Å². The largest absolute Gasteiger partial charge is 0.466 e. The quantitative estimate of drug-likeness (QED) is 0.636. The number of nitrogens with one attached hydrogen (secondary N) is 1. The topological polar surface area (TPSA) is 61.8 Å². The lowest BCUT2D eigenvalue weighted by Gasteiger charge is -2.48. The van der Waals surface area contributed by atoms with E-state index >= 15 is 0 Å². The SMILES string of the molecule is COC(=O)C1=C2Nc3ccccc3C23CCN2C/C(=C/CO)[C@@H]1C[C@H]23. The molecule has 1 aromatic rings. The number of anilines is 1. The summed E-state index contributed by atoms with van der Waals surface area (Å²) in [5.41, 5.74) is 5.23. The molecule has 1 spiro atoms. The van der Waals surface area contributed by atoms with Crippen molar-refractivity contribution in [1.82, 2.24) is 4.90 Å². The van der Waals surface area contributed by atoms with Gasteiger partial charge < -0.3 is 15.2 Å². The van der Waals surface area contributed by atoms with E-state index in [9.17, 15) is 9.90 Å². The Morgan fingerprint density at radius 1 is 1.48 bits per heavy atom. The number of aliphatic hydroxyl groups excluding tert-OH is 1. The first-order chi connectivity index (χ1) is 12.2. The highest BCUT2D eigenvalue weighted by Gasteiger charge is 2.62. The van der Waals surface area contributed by atoms with Gasteiger partial charge in [-0.25, -0.2) is 4.79 Å². The van der Waals surface area contributed by atoms with Crippen molar-refractivity contribution in [3.8, 4) is 0 Å². The van der Waals surface area contributed by atoms with Gasteiger partial charge in [-0.05, 0) is 24.5 Å². The van der Waals surface area contributed by atoms with Crippen molar-refractivity contribution in [2.24, 2.45) is 5.92 Å². The van der Waals surface area contributed by atoms with E-state index in [0.717, 1.165) is 48.5 Å². The molecule has 3 atom stereocenters. The Morgan fingerprint density at radius 3 is 3.12 bits per heavy atom. The van der Waals surface area contributed by atoms with Crippen LogP contribution in [-0.4, -0.2) is 48.8 Å². The third-order valence-electron chi connectivity index (χ3n) is 6.59. The normalized spacial score (nSPS) is 33.9. The highest BCUT2D eigenvalue weighted by Crippen LogP contribution is 2.61. The summed E-state index contributed by atoms with van der Waals surface area (Å²) in [5.74, 6) is -0.216. The van der Waals surface area contributed by atoms with Crippen molar-refractivity contribution < 1.29 is 14.6 Å². The number of hydrogen-bond donors (Lipinski definition) is 2. The molecule has 2 fully saturated rings. The molecule has 3 heterocycles. The molecular formula is C20H22N2O3. The fourth-order valence-corrected chi connectivity index (χ4v) is 5.64. The van der Waals surface area contributed by atoms with Crippen molar-refractivity contribution in [2.75, 3.05) is 32.1 Å². The molecule has 0 radical (unpaired) electrons. The van der Waals surface area contributed by atoms with E-state index in [0.29, 0.717) is 6.04 Å². The number of piperidine rings is 1. The van der Waals surface area contributed by atoms with Crippen LogP contribution in [0.1, 0.15) is 18.4 Å². The second-order valence-electron chi connectivity index (χ2n) is 7.41. The molecule has 0 amide bonds. The van der Waals surface area contributed by atoms with Crippen LogP contribution in [0.5, 0.6) is 0 Å². The average Bonchev–Trinajstić information content (AvgIpc) is 3.18. The highest BCUT2D eigenvalue weighted by atomic mass is 16.5. The number of methoxy groups -OCH3 is 1. The summed E-state index contributed by atoms with van der Waals surface area (Å²) in [5, 5.41) is 13.0. The van der Waals surface area contributed by atoms with Gasteiger partial charge >= 0.3 is 5.97 Å². The Kier molecular flexibility index (Phi) is 3.15. The van der Waals surface area contributed by atoms with Gasteiger partial charge in [0.2, 0.25) is 0 Å². The van der Waals surface area contributed by atoms with Gasteiger partial charge in [-0.3, -0.25) is 4.90 Å². The lowest BCUT2D eigenvalue weighted by molar-refractivity contribution is -0.137. The van der Waals surface area contributed by atoms with Gasteiger partial charge in [0.1, 0.15) is 0 Å². The molecule has 5 nitrogen and oxygen atoms in total. The minimum atomic E-state index is -0.248. The van der Waals surface area contributed by atoms with Gasteiger partial charge in [-0.2, -0.15) is 0 Å². The van der Waals surface area contributed by atoms with E-state index in [4.69, 9.17) is 4.74 Å². The Morgan fingerprint density at radius 2 is 2.32 bits per heavy atom. The van der Waals surface area contributed by atoms with E-state index in [1.54, 1.807) is 0 Å². The minimum absolute atomic E-state index is 0.00687.